The van der Waals surface area contributed by atoms with Crippen molar-refractivity contribution >= 4 is 23.0 Å². The molecule has 0 heterocycles. The molecule has 1 atom stereocenters. The molecular weight excluding hydrogens is 228 g/mol. The Kier molecular flexibility index (Phi) is 4.55. The molecule has 0 aliphatic heterocycles. The molecule has 0 aliphatic rings. The Morgan fingerprint density at radius 3 is 2.81 bits per heavy atom. The largest absolute Gasteiger partial charge is 0.378 e. The fourth-order valence-electron chi connectivity index (χ4n) is 1.26. The first kappa shape index (κ1) is 12.8. The zero-order valence-corrected chi connectivity index (χ0v) is 10.1. The predicted octanol–water partition coefficient (Wildman–Crippen LogP) is 3.71. The van der Waals surface area contributed by atoms with Gasteiger partial charge in [0.2, 0.25) is 0 Å². The second kappa shape index (κ2) is 5.70. The molecule has 1 rings (SSSR count). The van der Waals surface area contributed by atoms with Crippen LogP contribution in [0.1, 0.15) is 20.3 Å². The van der Waals surface area contributed by atoms with Crippen molar-refractivity contribution in [3.63, 3.8) is 0 Å². The Hall–Kier alpha value is -1.29. The van der Waals surface area contributed by atoms with Gasteiger partial charge in [0.15, 0.2) is 0 Å². The normalized spacial score (nSPS) is 12.2. The Labute approximate surface area is 99.8 Å². The Bertz CT molecular complexity index is 382. The minimum atomic E-state index is -0.426. The van der Waals surface area contributed by atoms with Crippen LogP contribution in [-0.4, -0.2) is 11.5 Å². The average molecular weight is 243 g/mol. The number of nitrogens with zero attached hydrogens (tertiary/aromatic N) is 1. The summed E-state index contributed by atoms with van der Waals surface area (Å²) in [4.78, 5) is 10.4. The molecule has 0 aromatic heterocycles. The van der Waals surface area contributed by atoms with E-state index in [1.807, 2.05) is 0 Å². The van der Waals surface area contributed by atoms with E-state index in [-0.39, 0.29) is 5.69 Å². The van der Waals surface area contributed by atoms with Gasteiger partial charge in [-0.3, -0.25) is 10.1 Å². The van der Waals surface area contributed by atoms with Gasteiger partial charge in [-0.05, 0) is 12.0 Å². The number of anilines is 1. The second-order valence-electron chi connectivity index (χ2n) is 3.79. The van der Waals surface area contributed by atoms with E-state index in [1.54, 1.807) is 12.1 Å². The monoisotopic (exact) mass is 242 g/mol. The van der Waals surface area contributed by atoms with Gasteiger partial charge in [0.05, 0.1) is 9.95 Å². The molecule has 0 amide bonds. The van der Waals surface area contributed by atoms with E-state index in [1.165, 1.54) is 6.07 Å². The number of nitro groups is 1. The van der Waals surface area contributed by atoms with Crippen LogP contribution >= 0.6 is 11.6 Å². The predicted molar refractivity (Wildman–Crippen MR) is 66.1 cm³/mol. The van der Waals surface area contributed by atoms with Gasteiger partial charge in [0.1, 0.15) is 5.69 Å². The summed E-state index contributed by atoms with van der Waals surface area (Å²) in [6, 6.07) is 4.67. The van der Waals surface area contributed by atoms with Crippen molar-refractivity contribution in [3.05, 3.63) is 33.3 Å². The molecule has 0 radical (unpaired) electrons. The van der Waals surface area contributed by atoms with Gasteiger partial charge in [-0.2, -0.15) is 0 Å². The maximum atomic E-state index is 10.8. The van der Waals surface area contributed by atoms with E-state index >= 15 is 0 Å². The highest BCUT2D eigenvalue weighted by Gasteiger charge is 2.16. The second-order valence-corrected chi connectivity index (χ2v) is 4.19. The summed E-state index contributed by atoms with van der Waals surface area (Å²) in [6.07, 6.45) is 1.02. The Morgan fingerprint density at radius 2 is 2.25 bits per heavy atom. The van der Waals surface area contributed by atoms with Gasteiger partial charge >= 0.3 is 0 Å². The van der Waals surface area contributed by atoms with E-state index < -0.39 is 4.92 Å². The number of para-hydroxylation sites is 1. The topological polar surface area (TPSA) is 55.2 Å². The maximum Gasteiger partial charge on any atom is 0.293 e. The molecule has 88 valence electrons. The van der Waals surface area contributed by atoms with E-state index in [9.17, 15) is 10.1 Å². The third-order valence-electron chi connectivity index (χ3n) is 2.51. The van der Waals surface area contributed by atoms with Crippen LogP contribution in [0, 0.1) is 16.0 Å². The van der Waals surface area contributed by atoms with Crippen molar-refractivity contribution < 1.29 is 4.92 Å². The maximum absolute atomic E-state index is 10.8. The summed E-state index contributed by atoms with van der Waals surface area (Å²) in [6.45, 7) is 4.84. The third-order valence-corrected chi connectivity index (χ3v) is 2.83. The Balaban J connectivity index is 2.88. The molecular formula is C11H15ClN2O2. The molecule has 0 spiro atoms. The highest BCUT2D eigenvalue weighted by Crippen LogP contribution is 2.31. The first-order valence-corrected chi connectivity index (χ1v) is 5.60. The summed E-state index contributed by atoms with van der Waals surface area (Å²) in [5.74, 6) is 0.455. The number of hydrogen-bond acceptors (Lipinski definition) is 3. The van der Waals surface area contributed by atoms with Crippen LogP contribution in [0.2, 0.25) is 5.02 Å². The SMILES string of the molecule is CCC(C)CNc1c(Cl)cccc1[N+](=O)[O-]. The van der Waals surface area contributed by atoms with Crippen molar-refractivity contribution in [1.29, 1.82) is 0 Å². The quantitative estimate of drug-likeness (QED) is 0.633. The highest BCUT2D eigenvalue weighted by molar-refractivity contribution is 6.33. The van der Waals surface area contributed by atoms with E-state index in [2.05, 4.69) is 19.2 Å². The molecule has 16 heavy (non-hydrogen) atoms. The van der Waals surface area contributed by atoms with Crippen LogP contribution in [0.3, 0.4) is 0 Å². The third kappa shape index (κ3) is 3.10. The lowest BCUT2D eigenvalue weighted by Crippen LogP contribution is -2.11. The number of rotatable bonds is 5. The number of hydrogen-bond donors (Lipinski definition) is 1. The summed E-state index contributed by atoms with van der Waals surface area (Å²) >= 11 is 5.93. The van der Waals surface area contributed by atoms with Crippen molar-refractivity contribution in [2.24, 2.45) is 5.92 Å². The minimum absolute atomic E-state index is 0.0239. The van der Waals surface area contributed by atoms with Crippen LogP contribution in [0.25, 0.3) is 0 Å². The highest BCUT2D eigenvalue weighted by atomic mass is 35.5. The number of nitro benzene ring substituents is 1. The molecule has 1 N–H and O–H groups in total. The van der Waals surface area contributed by atoms with Crippen LogP contribution < -0.4 is 5.32 Å². The lowest BCUT2D eigenvalue weighted by Gasteiger charge is -2.12. The average Bonchev–Trinajstić information content (AvgIpc) is 2.26. The lowest BCUT2D eigenvalue weighted by atomic mass is 10.1. The molecule has 0 fully saturated rings. The van der Waals surface area contributed by atoms with Gasteiger partial charge in [-0.15, -0.1) is 0 Å². The standard InChI is InChI=1S/C11H15ClN2O2/c1-3-8(2)7-13-11-9(12)5-4-6-10(11)14(15)16/h4-6,8,13H,3,7H2,1-2H3. The molecule has 5 heteroatoms. The van der Waals surface area contributed by atoms with Gasteiger partial charge in [-0.1, -0.05) is 37.9 Å². The van der Waals surface area contributed by atoms with Gasteiger partial charge in [0.25, 0.3) is 5.69 Å². The molecule has 0 saturated carbocycles. The molecule has 1 unspecified atom stereocenters. The van der Waals surface area contributed by atoms with E-state index in [0.29, 0.717) is 23.2 Å². The zero-order chi connectivity index (χ0) is 12.1. The van der Waals surface area contributed by atoms with Crippen LogP contribution in [0.15, 0.2) is 18.2 Å². The van der Waals surface area contributed by atoms with Crippen molar-refractivity contribution in [2.45, 2.75) is 20.3 Å². The summed E-state index contributed by atoms with van der Waals surface area (Å²) in [5, 5.41) is 14.2. The van der Waals surface area contributed by atoms with Crippen molar-refractivity contribution in [2.75, 3.05) is 11.9 Å². The lowest BCUT2D eigenvalue weighted by molar-refractivity contribution is -0.383. The smallest absolute Gasteiger partial charge is 0.293 e. The molecule has 1 aromatic rings. The first-order valence-electron chi connectivity index (χ1n) is 5.23. The summed E-state index contributed by atoms with van der Waals surface area (Å²) in [5.41, 5.74) is 0.435. The number of halogens is 1. The van der Waals surface area contributed by atoms with E-state index in [4.69, 9.17) is 11.6 Å². The number of benzene rings is 1. The molecule has 0 saturated heterocycles. The van der Waals surface area contributed by atoms with Crippen LogP contribution in [0.4, 0.5) is 11.4 Å². The molecule has 0 aliphatic carbocycles. The van der Waals surface area contributed by atoms with E-state index in [0.717, 1.165) is 6.42 Å². The summed E-state index contributed by atoms with van der Waals surface area (Å²) in [7, 11) is 0. The summed E-state index contributed by atoms with van der Waals surface area (Å²) < 4.78 is 0. The molecule has 1 aromatic carbocycles. The van der Waals surface area contributed by atoms with Crippen LogP contribution in [-0.2, 0) is 0 Å². The van der Waals surface area contributed by atoms with Crippen molar-refractivity contribution in [3.8, 4) is 0 Å². The fourth-order valence-corrected chi connectivity index (χ4v) is 1.50. The van der Waals surface area contributed by atoms with Gasteiger partial charge < -0.3 is 5.32 Å². The van der Waals surface area contributed by atoms with Crippen molar-refractivity contribution in [1.82, 2.24) is 0 Å². The fraction of sp³-hybridized carbons (Fsp3) is 0.455. The number of nitrogens with one attached hydrogen (secondary N) is 1. The zero-order valence-electron chi connectivity index (χ0n) is 9.37. The minimum Gasteiger partial charge on any atom is -0.378 e. The Morgan fingerprint density at radius 1 is 1.56 bits per heavy atom. The molecule has 0 bridgehead atoms. The van der Waals surface area contributed by atoms with Gasteiger partial charge in [0, 0.05) is 12.6 Å². The first-order chi connectivity index (χ1) is 7.56. The van der Waals surface area contributed by atoms with Crippen LogP contribution in [0.5, 0.6) is 0 Å². The van der Waals surface area contributed by atoms with Gasteiger partial charge in [-0.25, -0.2) is 0 Å². The molecule has 4 nitrogen and oxygen atoms in total.